The third kappa shape index (κ3) is 6.92. The summed E-state index contributed by atoms with van der Waals surface area (Å²) >= 11 is 0. The average Bonchev–Trinajstić information content (AvgIpc) is 2.80. The number of rotatable bonds is 10. The van der Waals surface area contributed by atoms with Crippen molar-refractivity contribution in [3.8, 4) is 11.5 Å². The van der Waals surface area contributed by atoms with E-state index in [4.69, 9.17) is 15.2 Å². The maximum absolute atomic E-state index is 12.2. The molecule has 1 saturated heterocycles. The normalized spacial score (nSPS) is 16.6. The molecule has 0 bridgehead atoms. The van der Waals surface area contributed by atoms with Crippen LogP contribution in [-0.2, 0) is 9.59 Å². The van der Waals surface area contributed by atoms with Crippen LogP contribution in [0, 0.1) is 0 Å². The fourth-order valence-electron chi connectivity index (χ4n) is 3.99. The average molecular weight is 457 g/mol. The van der Waals surface area contributed by atoms with Crippen LogP contribution >= 0.6 is 0 Å². The molecular formula is C24H32N4O5. The van der Waals surface area contributed by atoms with E-state index in [1.165, 1.54) is 6.92 Å². The Morgan fingerprint density at radius 1 is 1.06 bits per heavy atom. The largest absolute Gasteiger partial charge is 0.493 e. The van der Waals surface area contributed by atoms with Gasteiger partial charge in [0.25, 0.3) is 0 Å². The van der Waals surface area contributed by atoms with Crippen molar-refractivity contribution in [3.63, 3.8) is 0 Å². The van der Waals surface area contributed by atoms with Gasteiger partial charge in [-0.05, 0) is 29.8 Å². The zero-order valence-electron chi connectivity index (χ0n) is 19.1. The maximum Gasteiger partial charge on any atom is 0.239 e. The number of ether oxygens (including phenoxy) is 2. The highest BCUT2D eigenvalue weighted by Gasteiger charge is 2.29. The Bertz CT molecular complexity index is 929. The van der Waals surface area contributed by atoms with Gasteiger partial charge in [-0.2, -0.15) is 0 Å². The number of carbonyl (C=O) groups is 2. The lowest BCUT2D eigenvalue weighted by atomic mass is 10.0. The van der Waals surface area contributed by atoms with E-state index in [0.717, 1.165) is 5.56 Å². The van der Waals surface area contributed by atoms with Crippen LogP contribution < -0.4 is 20.5 Å². The maximum atomic E-state index is 12.2. The number of methoxy groups -OCH3 is 1. The molecule has 2 unspecified atom stereocenters. The number of nitrogens with two attached hydrogens (primary N) is 1. The minimum atomic E-state index is -0.658. The predicted octanol–water partition coefficient (Wildman–Crippen LogP) is 1.24. The SMILES string of the molecule is COc1ccccc1OCC(O)CN1CCN(C(C(N)=O)c2ccc(NC(C)=O)cc2)CC1. The second-order valence-electron chi connectivity index (χ2n) is 8.06. The van der Waals surface area contributed by atoms with E-state index in [0.29, 0.717) is 49.9 Å². The Morgan fingerprint density at radius 2 is 1.70 bits per heavy atom. The summed E-state index contributed by atoms with van der Waals surface area (Å²) in [6.45, 7) is 4.74. The number of aliphatic hydroxyl groups excluding tert-OH is 1. The van der Waals surface area contributed by atoms with Crippen LogP contribution in [0.3, 0.4) is 0 Å². The summed E-state index contributed by atoms with van der Waals surface area (Å²) in [6, 6.07) is 13.9. The molecular weight excluding hydrogens is 424 g/mol. The van der Waals surface area contributed by atoms with Gasteiger partial charge in [-0.25, -0.2) is 0 Å². The van der Waals surface area contributed by atoms with Gasteiger partial charge in [-0.15, -0.1) is 0 Å². The monoisotopic (exact) mass is 456 g/mol. The molecule has 1 heterocycles. The smallest absolute Gasteiger partial charge is 0.239 e. The topological polar surface area (TPSA) is 117 Å². The van der Waals surface area contributed by atoms with E-state index in [1.807, 2.05) is 35.2 Å². The molecule has 3 rings (SSSR count). The summed E-state index contributed by atoms with van der Waals surface area (Å²) in [5, 5.41) is 13.1. The number of β-amino-alcohol motifs (C(OH)–C–C–N with tert-alkyl or cyclic N) is 1. The number of hydrogen-bond acceptors (Lipinski definition) is 7. The first-order valence-electron chi connectivity index (χ1n) is 10.9. The standard InChI is InChI=1S/C24H32N4O5/c1-17(29)26-19-9-7-18(8-10-19)23(24(25)31)28-13-11-27(12-14-28)15-20(30)16-33-22-6-4-3-5-21(22)32-2/h3-10,20,23,30H,11-16H2,1-2H3,(H2,25,31)(H,26,29). The molecule has 1 fully saturated rings. The van der Waals surface area contributed by atoms with Gasteiger partial charge in [-0.1, -0.05) is 24.3 Å². The fourth-order valence-corrected chi connectivity index (χ4v) is 3.99. The Morgan fingerprint density at radius 3 is 2.27 bits per heavy atom. The van der Waals surface area contributed by atoms with Gasteiger partial charge in [0, 0.05) is 45.3 Å². The van der Waals surface area contributed by atoms with E-state index in [9.17, 15) is 14.7 Å². The summed E-state index contributed by atoms with van der Waals surface area (Å²) in [5.41, 5.74) is 7.18. The van der Waals surface area contributed by atoms with Gasteiger partial charge in [0.1, 0.15) is 18.8 Å². The third-order valence-corrected chi connectivity index (χ3v) is 5.56. The van der Waals surface area contributed by atoms with Gasteiger partial charge in [0.05, 0.1) is 7.11 Å². The van der Waals surface area contributed by atoms with Gasteiger partial charge in [0.15, 0.2) is 11.5 Å². The first-order chi connectivity index (χ1) is 15.9. The van der Waals surface area contributed by atoms with Gasteiger partial charge in [-0.3, -0.25) is 19.4 Å². The molecule has 33 heavy (non-hydrogen) atoms. The Labute approximate surface area is 194 Å². The molecule has 178 valence electrons. The van der Waals surface area contributed by atoms with Crippen LogP contribution in [0.1, 0.15) is 18.5 Å². The number of amides is 2. The number of benzene rings is 2. The van der Waals surface area contributed by atoms with E-state index in [-0.39, 0.29) is 12.5 Å². The third-order valence-electron chi connectivity index (χ3n) is 5.56. The van der Waals surface area contributed by atoms with E-state index in [2.05, 4.69) is 10.2 Å². The molecule has 2 amide bonds. The number of carbonyl (C=O) groups excluding carboxylic acids is 2. The lowest BCUT2D eigenvalue weighted by molar-refractivity contribution is -0.124. The lowest BCUT2D eigenvalue weighted by Crippen LogP contribution is -2.52. The number of para-hydroxylation sites is 2. The van der Waals surface area contributed by atoms with Crippen molar-refractivity contribution < 1.29 is 24.2 Å². The number of nitrogens with one attached hydrogen (secondary N) is 1. The van der Waals surface area contributed by atoms with Crippen molar-refractivity contribution in [2.75, 3.05) is 51.8 Å². The molecule has 2 atom stereocenters. The number of nitrogens with zero attached hydrogens (tertiary/aromatic N) is 2. The van der Waals surface area contributed by atoms with Crippen LogP contribution in [-0.4, -0.2) is 79.3 Å². The zero-order valence-corrected chi connectivity index (χ0v) is 19.1. The van der Waals surface area contributed by atoms with Crippen molar-refractivity contribution in [3.05, 3.63) is 54.1 Å². The van der Waals surface area contributed by atoms with Gasteiger partial charge >= 0.3 is 0 Å². The summed E-state index contributed by atoms with van der Waals surface area (Å²) < 4.78 is 11.0. The zero-order chi connectivity index (χ0) is 23.8. The summed E-state index contributed by atoms with van der Waals surface area (Å²) in [7, 11) is 1.58. The highest BCUT2D eigenvalue weighted by Crippen LogP contribution is 2.26. The van der Waals surface area contributed by atoms with Crippen molar-refractivity contribution in [2.24, 2.45) is 5.73 Å². The molecule has 0 aromatic heterocycles. The van der Waals surface area contributed by atoms with E-state index < -0.39 is 18.1 Å². The van der Waals surface area contributed by atoms with E-state index in [1.54, 1.807) is 25.3 Å². The molecule has 1 aliphatic rings. The first-order valence-corrected chi connectivity index (χ1v) is 10.9. The molecule has 0 aliphatic carbocycles. The van der Waals surface area contributed by atoms with Crippen molar-refractivity contribution in [2.45, 2.75) is 19.1 Å². The first kappa shape index (κ1) is 24.5. The van der Waals surface area contributed by atoms with Crippen LogP contribution in [0.15, 0.2) is 48.5 Å². The highest BCUT2D eigenvalue weighted by molar-refractivity contribution is 5.88. The number of aliphatic hydroxyl groups is 1. The minimum absolute atomic E-state index is 0.152. The van der Waals surface area contributed by atoms with E-state index >= 15 is 0 Å². The minimum Gasteiger partial charge on any atom is -0.493 e. The molecule has 0 spiro atoms. The quantitative estimate of drug-likeness (QED) is 0.492. The summed E-state index contributed by atoms with van der Waals surface area (Å²) in [5.74, 6) is 0.653. The van der Waals surface area contributed by atoms with Gasteiger partial charge in [0.2, 0.25) is 11.8 Å². The molecule has 1 aliphatic heterocycles. The second kappa shape index (κ2) is 11.6. The summed E-state index contributed by atoms with van der Waals surface area (Å²) in [4.78, 5) is 27.6. The molecule has 0 saturated carbocycles. The molecule has 4 N–H and O–H groups in total. The van der Waals surface area contributed by atoms with Crippen LogP contribution in [0.2, 0.25) is 0 Å². The fraction of sp³-hybridized carbons (Fsp3) is 0.417. The highest BCUT2D eigenvalue weighted by atomic mass is 16.5. The van der Waals surface area contributed by atoms with Crippen LogP contribution in [0.4, 0.5) is 5.69 Å². The Hall–Kier alpha value is -3.14. The van der Waals surface area contributed by atoms with Gasteiger partial charge < -0.3 is 25.6 Å². The molecule has 0 radical (unpaired) electrons. The second-order valence-corrected chi connectivity index (χ2v) is 8.06. The van der Waals surface area contributed by atoms with Crippen molar-refractivity contribution in [1.82, 2.24) is 9.80 Å². The molecule has 2 aromatic carbocycles. The molecule has 2 aromatic rings. The Balaban J connectivity index is 1.51. The van der Waals surface area contributed by atoms with Crippen molar-refractivity contribution >= 4 is 17.5 Å². The van der Waals surface area contributed by atoms with Crippen LogP contribution in [0.25, 0.3) is 0 Å². The molecule has 9 heteroatoms. The lowest BCUT2D eigenvalue weighted by Gasteiger charge is -2.38. The summed E-state index contributed by atoms with van der Waals surface area (Å²) in [6.07, 6.45) is -0.658. The van der Waals surface area contributed by atoms with Crippen molar-refractivity contribution in [1.29, 1.82) is 0 Å². The van der Waals surface area contributed by atoms with Crippen LogP contribution in [0.5, 0.6) is 11.5 Å². The Kier molecular flexibility index (Phi) is 8.65. The molecule has 9 nitrogen and oxygen atoms in total. The number of piperazine rings is 1. The number of primary amides is 1. The number of hydrogen-bond donors (Lipinski definition) is 3. The predicted molar refractivity (Wildman–Crippen MR) is 125 cm³/mol. The number of anilines is 1.